The Hall–Kier alpha value is -1.64. The number of halogens is 1. The molecule has 1 aliphatic rings. The lowest BCUT2D eigenvalue weighted by atomic mass is 10.1. The molecule has 1 saturated heterocycles. The van der Waals surface area contributed by atoms with Gasteiger partial charge in [-0.05, 0) is 35.0 Å². The third-order valence-corrected chi connectivity index (χ3v) is 6.01. The molecule has 1 aromatic heterocycles. The van der Waals surface area contributed by atoms with Gasteiger partial charge in [0.25, 0.3) is 5.91 Å². The number of benzene rings is 1. The van der Waals surface area contributed by atoms with Gasteiger partial charge < -0.3 is 14.4 Å². The van der Waals surface area contributed by atoms with Gasteiger partial charge >= 0.3 is 0 Å². The summed E-state index contributed by atoms with van der Waals surface area (Å²) in [7, 11) is 3.15. The third kappa shape index (κ3) is 4.19. The van der Waals surface area contributed by atoms with Gasteiger partial charge in [-0.15, -0.1) is 11.3 Å². The fourth-order valence-corrected chi connectivity index (χ4v) is 4.15. The van der Waals surface area contributed by atoms with Gasteiger partial charge in [0.1, 0.15) is 16.0 Å². The highest BCUT2D eigenvalue weighted by molar-refractivity contribution is 9.10. The van der Waals surface area contributed by atoms with E-state index in [1.807, 2.05) is 11.8 Å². The van der Waals surface area contributed by atoms with E-state index in [1.54, 1.807) is 37.7 Å². The van der Waals surface area contributed by atoms with Crippen molar-refractivity contribution in [1.29, 1.82) is 0 Å². The van der Waals surface area contributed by atoms with Crippen LogP contribution in [0.1, 0.15) is 21.1 Å². The highest BCUT2D eigenvalue weighted by Crippen LogP contribution is 2.36. The smallest absolute Gasteiger partial charge is 0.254 e. The first-order chi connectivity index (χ1) is 12.5. The standard InChI is InChI=1S/C18H22BrN3O3S/c1-12-20-14(11-26-12)10-21-4-6-22(7-5-21)18(23)13-8-15(24-2)17(19)16(9-13)25-3/h8-9,11H,4-7,10H2,1-3H3. The zero-order valence-electron chi connectivity index (χ0n) is 15.1. The molecule has 8 heteroatoms. The molecule has 0 atom stereocenters. The van der Waals surface area contributed by atoms with Gasteiger partial charge in [0, 0.05) is 43.7 Å². The molecule has 26 heavy (non-hydrogen) atoms. The first kappa shape index (κ1) is 19.1. The summed E-state index contributed by atoms with van der Waals surface area (Å²) < 4.78 is 11.4. The van der Waals surface area contributed by atoms with Crippen LogP contribution in [0.5, 0.6) is 11.5 Å². The van der Waals surface area contributed by atoms with Gasteiger partial charge in [-0.2, -0.15) is 0 Å². The third-order valence-electron chi connectivity index (χ3n) is 4.40. The second-order valence-electron chi connectivity index (χ2n) is 6.12. The normalized spacial score (nSPS) is 15.2. The number of aromatic nitrogens is 1. The Morgan fingerprint density at radius 1 is 1.19 bits per heavy atom. The summed E-state index contributed by atoms with van der Waals surface area (Å²) in [6.45, 7) is 5.93. The maximum atomic E-state index is 12.9. The van der Waals surface area contributed by atoms with Crippen LogP contribution in [0.4, 0.5) is 0 Å². The van der Waals surface area contributed by atoms with Crippen LogP contribution < -0.4 is 9.47 Å². The maximum Gasteiger partial charge on any atom is 0.254 e. The van der Waals surface area contributed by atoms with Crippen LogP contribution in [-0.4, -0.2) is 61.1 Å². The van der Waals surface area contributed by atoms with Gasteiger partial charge in [0.15, 0.2) is 0 Å². The van der Waals surface area contributed by atoms with Crippen LogP contribution in [0.15, 0.2) is 22.0 Å². The predicted octanol–water partition coefficient (Wildman–Crippen LogP) is 3.19. The van der Waals surface area contributed by atoms with Crippen molar-refractivity contribution >= 4 is 33.2 Å². The maximum absolute atomic E-state index is 12.9. The average molecular weight is 440 g/mol. The van der Waals surface area contributed by atoms with Crippen molar-refractivity contribution < 1.29 is 14.3 Å². The van der Waals surface area contributed by atoms with Crippen LogP contribution in [0, 0.1) is 6.92 Å². The number of rotatable bonds is 5. The quantitative estimate of drug-likeness (QED) is 0.715. The van der Waals surface area contributed by atoms with Gasteiger partial charge in [-0.1, -0.05) is 0 Å². The Morgan fingerprint density at radius 3 is 2.31 bits per heavy atom. The molecule has 140 valence electrons. The summed E-state index contributed by atoms with van der Waals surface area (Å²) in [4.78, 5) is 21.6. The van der Waals surface area contributed by atoms with E-state index in [0.29, 0.717) is 34.6 Å². The van der Waals surface area contributed by atoms with E-state index in [0.717, 1.165) is 30.3 Å². The molecule has 0 radical (unpaired) electrons. The molecular weight excluding hydrogens is 418 g/mol. The summed E-state index contributed by atoms with van der Waals surface area (Å²) in [6, 6.07) is 3.50. The summed E-state index contributed by atoms with van der Waals surface area (Å²) in [6.07, 6.45) is 0. The van der Waals surface area contributed by atoms with Crippen LogP contribution in [0.3, 0.4) is 0 Å². The molecule has 0 saturated carbocycles. The van der Waals surface area contributed by atoms with E-state index < -0.39 is 0 Å². The van der Waals surface area contributed by atoms with E-state index >= 15 is 0 Å². The molecule has 2 heterocycles. The topological polar surface area (TPSA) is 54.9 Å². The Morgan fingerprint density at radius 2 is 1.81 bits per heavy atom. The van der Waals surface area contributed by atoms with Crippen molar-refractivity contribution in [3.05, 3.63) is 38.3 Å². The number of carbonyl (C=O) groups is 1. The largest absolute Gasteiger partial charge is 0.495 e. The molecule has 3 rings (SSSR count). The highest BCUT2D eigenvalue weighted by atomic mass is 79.9. The minimum Gasteiger partial charge on any atom is -0.495 e. The molecule has 0 spiro atoms. The zero-order valence-corrected chi connectivity index (χ0v) is 17.5. The van der Waals surface area contributed by atoms with Gasteiger partial charge in [-0.3, -0.25) is 9.69 Å². The van der Waals surface area contributed by atoms with Crippen molar-refractivity contribution in [2.24, 2.45) is 0 Å². The van der Waals surface area contributed by atoms with Crippen molar-refractivity contribution in [3.63, 3.8) is 0 Å². The highest BCUT2D eigenvalue weighted by Gasteiger charge is 2.24. The molecular formula is C18H22BrN3O3S. The minimum atomic E-state index is -0.00162. The van der Waals surface area contributed by atoms with Crippen LogP contribution in [0.2, 0.25) is 0 Å². The Balaban J connectivity index is 1.65. The molecule has 1 fully saturated rings. The SMILES string of the molecule is COc1cc(C(=O)N2CCN(Cc3csc(C)n3)CC2)cc(OC)c1Br. The molecule has 0 N–H and O–H groups in total. The molecule has 1 aliphatic heterocycles. The van der Waals surface area contributed by atoms with E-state index in [1.165, 1.54) is 0 Å². The number of ether oxygens (including phenoxy) is 2. The van der Waals surface area contributed by atoms with Crippen LogP contribution >= 0.6 is 27.3 Å². The number of hydrogen-bond donors (Lipinski definition) is 0. The fraction of sp³-hybridized carbons (Fsp3) is 0.444. The summed E-state index contributed by atoms with van der Waals surface area (Å²) in [5.41, 5.74) is 1.68. The number of carbonyl (C=O) groups excluding carboxylic acids is 1. The molecule has 1 aromatic carbocycles. The Bertz CT molecular complexity index is 763. The lowest BCUT2D eigenvalue weighted by molar-refractivity contribution is 0.0626. The molecule has 2 aromatic rings. The van der Waals surface area contributed by atoms with Gasteiger partial charge in [-0.25, -0.2) is 4.98 Å². The van der Waals surface area contributed by atoms with E-state index in [9.17, 15) is 4.79 Å². The summed E-state index contributed by atoms with van der Waals surface area (Å²) in [5.74, 6) is 1.17. The first-order valence-electron chi connectivity index (χ1n) is 8.36. The number of hydrogen-bond acceptors (Lipinski definition) is 6. The van der Waals surface area contributed by atoms with Crippen LogP contribution in [0.25, 0.3) is 0 Å². The molecule has 1 amide bonds. The average Bonchev–Trinajstić information content (AvgIpc) is 3.06. The van der Waals surface area contributed by atoms with Crippen molar-refractivity contribution in [3.8, 4) is 11.5 Å². The number of piperazine rings is 1. The molecule has 0 unspecified atom stereocenters. The Labute approximate surface area is 165 Å². The number of methoxy groups -OCH3 is 2. The number of amides is 1. The first-order valence-corrected chi connectivity index (χ1v) is 10.0. The van der Waals surface area contributed by atoms with Crippen molar-refractivity contribution in [2.45, 2.75) is 13.5 Å². The van der Waals surface area contributed by atoms with Gasteiger partial charge in [0.2, 0.25) is 0 Å². The number of thiazole rings is 1. The monoisotopic (exact) mass is 439 g/mol. The second-order valence-corrected chi connectivity index (χ2v) is 7.98. The lowest BCUT2D eigenvalue weighted by Gasteiger charge is -2.34. The predicted molar refractivity (Wildman–Crippen MR) is 105 cm³/mol. The lowest BCUT2D eigenvalue weighted by Crippen LogP contribution is -2.48. The van der Waals surface area contributed by atoms with Crippen molar-refractivity contribution in [1.82, 2.24) is 14.8 Å². The minimum absolute atomic E-state index is 0.00162. The van der Waals surface area contributed by atoms with Crippen molar-refractivity contribution in [2.75, 3.05) is 40.4 Å². The fourth-order valence-electron chi connectivity index (χ4n) is 2.99. The molecule has 0 aliphatic carbocycles. The molecule has 0 bridgehead atoms. The summed E-state index contributed by atoms with van der Waals surface area (Å²) in [5, 5.41) is 3.19. The molecule has 6 nitrogen and oxygen atoms in total. The van der Waals surface area contributed by atoms with Crippen LogP contribution in [-0.2, 0) is 6.54 Å². The summed E-state index contributed by atoms with van der Waals surface area (Å²) >= 11 is 5.11. The number of nitrogens with zero attached hydrogens (tertiary/aromatic N) is 3. The van der Waals surface area contributed by atoms with E-state index in [-0.39, 0.29) is 5.91 Å². The second kappa shape index (κ2) is 8.37. The van der Waals surface area contributed by atoms with E-state index in [2.05, 4.69) is 31.2 Å². The zero-order chi connectivity index (χ0) is 18.7. The van der Waals surface area contributed by atoms with E-state index in [4.69, 9.17) is 9.47 Å². The van der Waals surface area contributed by atoms with Gasteiger partial charge in [0.05, 0.1) is 24.9 Å². The Kier molecular flexibility index (Phi) is 6.16. The number of aryl methyl sites for hydroxylation is 1.